The Kier molecular flexibility index (Phi) is 3.31. The highest BCUT2D eigenvalue weighted by Gasteiger charge is 2.50. The molecule has 2 fully saturated rings. The van der Waals surface area contributed by atoms with Gasteiger partial charge in [0, 0.05) is 24.6 Å². The maximum absolute atomic E-state index is 13.8. The van der Waals surface area contributed by atoms with E-state index < -0.39 is 11.6 Å². The zero-order valence-corrected chi connectivity index (χ0v) is 10.9. The molecule has 0 spiro atoms. The number of hydrogen-bond donors (Lipinski definition) is 1. The number of hydrogen-bond acceptors (Lipinski definition) is 2. The van der Waals surface area contributed by atoms with Gasteiger partial charge in [-0.1, -0.05) is 6.07 Å². The van der Waals surface area contributed by atoms with Crippen LogP contribution >= 0.6 is 0 Å². The standard InChI is InChI=1S/C15H19F2NO/c16-12-4-3-11(13(17)7-12)8-15(9-18)5-6-19-14(15)10-1-2-10/h3-4,7,10,14H,1-2,5-6,8-9,18H2. The van der Waals surface area contributed by atoms with Crippen LogP contribution in [0.5, 0.6) is 0 Å². The van der Waals surface area contributed by atoms with Crippen LogP contribution in [0.15, 0.2) is 18.2 Å². The van der Waals surface area contributed by atoms with E-state index in [1.807, 2.05) is 0 Å². The first-order valence-corrected chi connectivity index (χ1v) is 6.90. The molecule has 1 aliphatic heterocycles. The molecule has 2 nitrogen and oxygen atoms in total. The SMILES string of the molecule is NCC1(Cc2ccc(F)cc2F)CCOC1C1CC1. The number of rotatable bonds is 4. The molecule has 1 heterocycles. The van der Waals surface area contributed by atoms with E-state index in [4.69, 9.17) is 10.5 Å². The van der Waals surface area contributed by atoms with Gasteiger partial charge in [0.25, 0.3) is 0 Å². The van der Waals surface area contributed by atoms with Gasteiger partial charge in [0.2, 0.25) is 0 Å². The normalized spacial score (nSPS) is 30.8. The Morgan fingerprint density at radius 1 is 1.32 bits per heavy atom. The van der Waals surface area contributed by atoms with Crippen LogP contribution in [0.25, 0.3) is 0 Å². The lowest BCUT2D eigenvalue weighted by Crippen LogP contribution is -2.41. The summed E-state index contributed by atoms with van der Waals surface area (Å²) in [6.07, 6.45) is 3.90. The minimum Gasteiger partial charge on any atom is -0.377 e. The summed E-state index contributed by atoms with van der Waals surface area (Å²) in [5, 5.41) is 0. The van der Waals surface area contributed by atoms with Crippen molar-refractivity contribution in [2.75, 3.05) is 13.2 Å². The Morgan fingerprint density at radius 2 is 2.11 bits per heavy atom. The number of ether oxygens (including phenoxy) is 1. The maximum Gasteiger partial charge on any atom is 0.129 e. The van der Waals surface area contributed by atoms with Crippen molar-refractivity contribution in [2.24, 2.45) is 17.1 Å². The fourth-order valence-corrected chi connectivity index (χ4v) is 3.27. The van der Waals surface area contributed by atoms with E-state index >= 15 is 0 Å². The van der Waals surface area contributed by atoms with E-state index in [0.717, 1.165) is 12.5 Å². The molecule has 1 aromatic rings. The van der Waals surface area contributed by atoms with Gasteiger partial charge in [-0.15, -0.1) is 0 Å². The van der Waals surface area contributed by atoms with Gasteiger partial charge in [-0.25, -0.2) is 8.78 Å². The summed E-state index contributed by atoms with van der Waals surface area (Å²) < 4.78 is 32.6. The lowest BCUT2D eigenvalue weighted by molar-refractivity contribution is 0.0341. The van der Waals surface area contributed by atoms with Gasteiger partial charge in [0.1, 0.15) is 11.6 Å². The average Bonchev–Trinajstić information content (AvgIpc) is 3.15. The summed E-state index contributed by atoms with van der Waals surface area (Å²) in [6, 6.07) is 3.79. The molecule has 0 bridgehead atoms. The molecular formula is C15H19F2NO. The Morgan fingerprint density at radius 3 is 2.74 bits per heavy atom. The number of benzene rings is 1. The predicted octanol–water partition coefficient (Wildman–Crippen LogP) is 2.65. The van der Waals surface area contributed by atoms with Crippen LogP contribution in [-0.4, -0.2) is 19.3 Å². The van der Waals surface area contributed by atoms with Gasteiger partial charge in [0.15, 0.2) is 0 Å². The van der Waals surface area contributed by atoms with Gasteiger partial charge in [-0.2, -0.15) is 0 Å². The minimum absolute atomic E-state index is 0.141. The Balaban J connectivity index is 1.85. The molecule has 19 heavy (non-hydrogen) atoms. The molecule has 0 radical (unpaired) electrons. The lowest BCUT2D eigenvalue weighted by atomic mass is 9.74. The highest BCUT2D eigenvalue weighted by atomic mass is 19.1. The molecule has 0 amide bonds. The molecular weight excluding hydrogens is 248 g/mol. The average molecular weight is 267 g/mol. The summed E-state index contributed by atoms with van der Waals surface area (Å²) in [5.41, 5.74) is 6.34. The Hall–Kier alpha value is -1.00. The first-order valence-electron chi connectivity index (χ1n) is 6.90. The zero-order chi connectivity index (χ0) is 13.5. The highest BCUT2D eigenvalue weighted by Crippen LogP contribution is 2.49. The first kappa shape index (κ1) is 13.0. The fraction of sp³-hybridized carbons (Fsp3) is 0.600. The van der Waals surface area contributed by atoms with Crippen molar-refractivity contribution >= 4 is 0 Å². The molecule has 1 aliphatic carbocycles. The van der Waals surface area contributed by atoms with Crippen molar-refractivity contribution in [3.8, 4) is 0 Å². The third-order valence-corrected chi connectivity index (χ3v) is 4.52. The smallest absolute Gasteiger partial charge is 0.129 e. The second-order valence-corrected chi connectivity index (χ2v) is 5.86. The van der Waals surface area contributed by atoms with E-state index in [9.17, 15) is 8.78 Å². The van der Waals surface area contributed by atoms with Gasteiger partial charge in [-0.3, -0.25) is 0 Å². The van der Waals surface area contributed by atoms with Crippen molar-refractivity contribution in [2.45, 2.75) is 31.8 Å². The van der Waals surface area contributed by atoms with Crippen LogP contribution in [0.3, 0.4) is 0 Å². The third-order valence-electron chi connectivity index (χ3n) is 4.52. The summed E-state index contributed by atoms with van der Waals surface area (Å²) in [6.45, 7) is 1.19. The van der Waals surface area contributed by atoms with Crippen molar-refractivity contribution in [1.82, 2.24) is 0 Å². The van der Waals surface area contributed by atoms with Crippen LogP contribution in [0.4, 0.5) is 8.78 Å². The maximum atomic E-state index is 13.8. The molecule has 2 aliphatic rings. The largest absolute Gasteiger partial charge is 0.377 e. The van der Waals surface area contributed by atoms with E-state index in [0.29, 0.717) is 31.1 Å². The summed E-state index contributed by atoms with van der Waals surface area (Å²) in [7, 11) is 0. The second kappa shape index (κ2) is 4.84. The van der Waals surface area contributed by atoms with Crippen molar-refractivity contribution in [1.29, 1.82) is 0 Å². The fourth-order valence-electron chi connectivity index (χ4n) is 3.27. The molecule has 1 aromatic carbocycles. The molecule has 3 rings (SSSR count). The van der Waals surface area contributed by atoms with Crippen LogP contribution in [-0.2, 0) is 11.2 Å². The quantitative estimate of drug-likeness (QED) is 0.910. The summed E-state index contributed by atoms with van der Waals surface area (Å²) in [5.74, 6) is -0.437. The van der Waals surface area contributed by atoms with Crippen molar-refractivity contribution in [3.63, 3.8) is 0 Å². The first-order chi connectivity index (χ1) is 9.14. The molecule has 104 valence electrons. The molecule has 1 saturated heterocycles. The molecule has 4 heteroatoms. The van der Waals surface area contributed by atoms with Crippen LogP contribution in [0.2, 0.25) is 0 Å². The summed E-state index contributed by atoms with van der Waals surface area (Å²) in [4.78, 5) is 0. The van der Waals surface area contributed by atoms with E-state index in [-0.39, 0.29) is 11.5 Å². The zero-order valence-electron chi connectivity index (χ0n) is 10.9. The van der Waals surface area contributed by atoms with Gasteiger partial charge in [0.05, 0.1) is 6.10 Å². The van der Waals surface area contributed by atoms with Gasteiger partial charge in [-0.05, 0) is 43.2 Å². The third kappa shape index (κ3) is 2.39. The molecule has 1 saturated carbocycles. The van der Waals surface area contributed by atoms with Gasteiger partial charge < -0.3 is 10.5 Å². The van der Waals surface area contributed by atoms with Gasteiger partial charge >= 0.3 is 0 Å². The predicted molar refractivity (Wildman–Crippen MR) is 68.6 cm³/mol. The van der Waals surface area contributed by atoms with Crippen LogP contribution in [0, 0.1) is 23.0 Å². The van der Waals surface area contributed by atoms with E-state index in [1.165, 1.54) is 25.0 Å². The van der Waals surface area contributed by atoms with Crippen LogP contribution < -0.4 is 5.73 Å². The Bertz CT molecular complexity index is 475. The minimum atomic E-state index is -0.538. The number of nitrogens with two attached hydrogens (primary N) is 1. The molecule has 2 atom stereocenters. The highest BCUT2D eigenvalue weighted by molar-refractivity contribution is 5.21. The lowest BCUT2D eigenvalue weighted by Gasteiger charge is -2.33. The van der Waals surface area contributed by atoms with Crippen LogP contribution in [0.1, 0.15) is 24.8 Å². The monoisotopic (exact) mass is 267 g/mol. The number of halogens is 2. The summed E-state index contributed by atoms with van der Waals surface area (Å²) >= 11 is 0. The van der Waals surface area contributed by atoms with Crippen molar-refractivity contribution < 1.29 is 13.5 Å². The topological polar surface area (TPSA) is 35.2 Å². The molecule has 2 unspecified atom stereocenters. The molecule has 0 aromatic heterocycles. The van der Waals surface area contributed by atoms with E-state index in [2.05, 4.69) is 0 Å². The van der Waals surface area contributed by atoms with E-state index in [1.54, 1.807) is 0 Å². The Labute approximate surface area is 111 Å². The second-order valence-electron chi connectivity index (χ2n) is 5.86. The van der Waals surface area contributed by atoms with Crippen molar-refractivity contribution in [3.05, 3.63) is 35.4 Å². The molecule has 2 N–H and O–H groups in total.